The maximum atomic E-state index is 13.3. The fourth-order valence-electron chi connectivity index (χ4n) is 4.59. The van der Waals surface area contributed by atoms with Crippen molar-refractivity contribution in [2.75, 3.05) is 36.5 Å². The number of ether oxygens (including phenoxy) is 2. The first-order chi connectivity index (χ1) is 17.4. The maximum absolute atomic E-state index is 13.3. The van der Waals surface area contributed by atoms with E-state index in [0.717, 1.165) is 37.6 Å². The number of nitrogens with zero attached hydrogens (tertiary/aromatic N) is 5. The highest BCUT2D eigenvalue weighted by Crippen LogP contribution is 2.40. The van der Waals surface area contributed by atoms with Crippen molar-refractivity contribution >= 4 is 22.8 Å². The lowest BCUT2D eigenvalue weighted by Crippen LogP contribution is -2.66. The van der Waals surface area contributed by atoms with Gasteiger partial charge in [0.1, 0.15) is 0 Å². The maximum Gasteiger partial charge on any atom is 0.389 e. The summed E-state index contributed by atoms with van der Waals surface area (Å²) < 4.78 is 36.0. The van der Waals surface area contributed by atoms with E-state index in [4.69, 9.17) is 4.74 Å². The molecule has 1 amide bonds. The Kier molecular flexibility index (Phi) is 5.29. The second kappa shape index (κ2) is 8.52. The minimum atomic E-state index is -2.99. The van der Waals surface area contributed by atoms with E-state index in [1.807, 2.05) is 37.4 Å². The lowest BCUT2D eigenvalue weighted by atomic mass is 9.78. The Labute approximate surface area is 204 Å². The van der Waals surface area contributed by atoms with Gasteiger partial charge in [-0.15, -0.1) is 0 Å². The number of carbonyl (C=O) groups is 1. The number of aromatic nitrogens is 4. The number of fused-ring (bicyclic) bond motifs is 1. The molecule has 0 unspecified atom stereocenters. The third kappa shape index (κ3) is 4.01. The standard InChI is InChI=1S/C25H22F2N6O3/c1-15-2-3-16(17-8-28-24(29-9-17)36-23(26)27)6-20(15)31-22(34)19-10-30-33-5-4-18(7-21(19)33)32-11-25(12-32)13-35-14-25/h2-10,23H,11-14H2,1H3,(H,31,34). The summed E-state index contributed by atoms with van der Waals surface area (Å²) in [5, 5.41) is 7.31. The van der Waals surface area contributed by atoms with Crippen LogP contribution in [-0.2, 0) is 4.74 Å². The highest BCUT2D eigenvalue weighted by Gasteiger charge is 2.49. The molecule has 2 fully saturated rings. The molecular weight excluding hydrogens is 470 g/mol. The Morgan fingerprint density at radius 3 is 2.58 bits per heavy atom. The largest absolute Gasteiger partial charge is 0.401 e. The number of benzene rings is 1. The van der Waals surface area contributed by atoms with Gasteiger partial charge in [0.2, 0.25) is 0 Å². The van der Waals surface area contributed by atoms with E-state index in [1.54, 1.807) is 16.8 Å². The number of amides is 1. The Bertz CT molecular complexity index is 1440. The van der Waals surface area contributed by atoms with Gasteiger partial charge >= 0.3 is 12.6 Å². The smallest absolute Gasteiger partial charge is 0.389 e. The molecule has 6 rings (SSSR count). The van der Waals surface area contributed by atoms with Gasteiger partial charge in [-0.3, -0.25) is 4.79 Å². The van der Waals surface area contributed by atoms with E-state index < -0.39 is 12.6 Å². The summed E-state index contributed by atoms with van der Waals surface area (Å²) in [7, 11) is 0. The normalized spacial score (nSPS) is 16.2. The van der Waals surface area contributed by atoms with Crippen LogP contribution in [0.4, 0.5) is 20.2 Å². The van der Waals surface area contributed by atoms with E-state index in [-0.39, 0.29) is 11.3 Å². The van der Waals surface area contributed by atoms with Gasteiger partial charge in [-0.1, -0.05) is 12.1 Å². The van der Waals surface area contributed by atoms with Crippen molar-refractivity contribution in [3.05, 3.63) is 66.2 Å². The van der Waals surface area contributed by atoms with Crippen LogP contribution in [0.2, 0.25) is 0 Å². The molecule has 36 heavy (non-hydrogen) atoms. The summed E-state index contributed by atoms with van der Waals surface area (Å²) in [5.41, 5.74) is 5.29. The van der Waals surface area contributed by atoms with Crippen molar-refractivity contribution in [1.82, 2.24) is 19.6 Å². The lowest BCUT2D eigenvalue weighted by Gasteiger charge is -2.56. The average molecular weight is 492 g/mol. The molecule has 2 aliphatic rings. The molecule has 184 valence electrons. The minimum Gasteiger partial charge on any atom is -0.401 e. The fraction of sp³-hybridized carbons (Fsp3) is 0.280. The number of aryl methyl sites for hydroxylation is 1. The van der Waals surface area contributed by atoms with Crippen LogP contribution in [0.15, 0.2) is 55.1 Å². The van der Waals surface area contributed by atoms with Gasteiger partial charge in [0.05, 0.1) is 35.9 Å². The van der Waals surface area contributed by atoms with Crippen molar-refractivity contribution in [3.8, 4) is 17.1 Å². The van der Waals surface area contributed by atoms with Crippen LogP contribution in [0.5, 0.6) is 6.01 Å². The van der Waals surface area contributed by atoms with Crippen molar-refractivity contribution in [2.24, 2.45) is 5.41 Å². The fourth-order valence-corrected chi connectivity index (χ4v) is 4.59. The SMILES string of the molecule is Cc1ccc(-c2cnc(OC(F)F)nc2)cc1NC(=O)c1cnn2ccc(N3CC4(COC4)C3)cc12. The molecule has 11 heteroatoms. The molecule has 2 saturated heterocycles. The molecule has 0 radical (unpaired) electrons. The molecule has 0 saturated carbocycles. The lowest BCUT2D eigenvalue weighted by molar-refractivity contribution is -0.127. The zero-order chi connectivity index (χ0) is 24.9. The highest BCUT2D eigenvalue weighted by molar-refractivity contribution is 6.09. The summed E-state index contributed by atoms with van der Waals surface area (Å²) in [6.45, 7) is 2.41. The van der Waals surface area contributed by atoms with E-state index in [1.165, 1.54) is 12.4 Å². The van der Waals surface area contributed by atoms with Crippen LogP contribution < -0.4 is 15.0 Å². The zero-order valence-corrected chi connectivity index (χ0v) is 19.3. The Morgan fingerprint density at radius 1 is 1.11 bits per heavy atom. The number of alkyl halides is 2. The first kappa shape index (κ1) is 22.4. The van der Waals surface area contributed by atoms with E-state index in [9.17, 15) is 13.6 Å². The summed E-state index contributed by atoms with van der Waals surface area (Å²) >= 11 is 0. The topological polar surface area (TPSA) is 93.9 Å². The van der Waals surface area contributed by atoms with Gasteiger partial charge in [0.25, 0.3) is 5.91 Å². The van der Waals surface area contributed by atoms with Crippen molar-refractivity contribution < 1.29 is 23.0 Å². The number of hydrogen-bond donors (Lipinski definition) is 1. The quantitative estimate of drug-likeness (QED) is 0.438. The number of rotatable bonds is 6. The first-order valence-corrected chi connectivity index (χ1v) is 11.4. The van der Waals surface area contributed by atoms with E-state index >= 15 is 0 Å². The van der Waals surface area contributed by atoms with Gasteiger partial charge in [-0.25, -0.2) is 14.5 Å². The molecule has 0 aliphatic carbocycles. The summed E-state index contributed by atoms with van der Waals surface area (Å²) in [5.74, 6) is -0.285. The van der Waals surface area contributed by atoms with Crippen LogP contribution in [0.25, 0.3) is 16.6 Å². The monoisotopic (exact) mass is 492 g/mol. The van der Waals surface area contributed by atoms with Gasteiger partial charge < -0.3 is 19.7 Å². The van der Waals surface area contributed by atoms with Crippen LogP contribution in [-0.4, -0.2) is 58.4 Å². The Morgan fingerprint density at radius 2 is 1.89 bits per heavy atom. The highest BCUT2D eigenvalue weighted by atomic mass is 19.3. The predicted molar refractivity (Wildman–Crippen MR) is 127 cm³/mol. The number of carbonyl (C=O) groups excluding carboxylic acids is 1. The number of nitrogens with one attached hydrogen (secondary N) is 1. The van der Waals surface area contributed by atoms with E-state index in [2.05, 4.69) is 30.0 Å². The third-order valence-electron chi connectivity index (χ3n) is 6.63. The van der Waals surface area contributed by atoms with Crippen molar-refractivity contribution in [2.45, 2.75) is 13.5 Å². The summed E-state index contributed by atoms with van der Waals surface area (Å²) in [6.07, 6.45) is 6.20. The third-order valence-corrected chi connectivity index (χ3v) is 6.63. The van der Waals surface area contributed by atoms with Crippen LogP contribution in [0.3, 0.4) is 0 Å². The second-order valence-electron chi connectivity index (χ2n) is 9.24. The Balaban J connectivity index is 1.22. The minimum absolute atomic E-state index is 0.285. The molecule has 9 nitrogen and oxygen atoms in total. The molecule has 0 bridgehead atoms. The van der Waals surface area contributed by atoms with Crippen molar-refractivity contribution in [1.29, 1.82) is 0 Å². The number of pyridine rings is 1. The molecule has 4 aromatic rings. The predicted octanol–water partition coefficient (Wildman–Crippen LogP) is 3.79. The van der Waals surface area contributed by atoms with Gasteiger partial charge in [0, 0.05) is 48.6 Å². The van der Waals surface area contributed by atoms with Gasteiger partial charge in [0.15, 0.2) is 0 Å². The molecule has 2 aliphatic heterocycles. The molecule has 0 atom stereocenters. The molecule has 5 heterocycles. The summed E-state index contributed by atoms with van der Waals surface area (Å²) in [6, 6.07) is 9.06. The number of halogens is 2. The molecule has 3 aromatic heterocycles. The van der Waals surface area contributed by atoms with Crippen molar-refractivity contribution in [3.63, 3.8) is 0 Å². The Hall–Kier alpha value is -4.12. The van der Waals surface area contributed by atoms with Crippen LogP contribution >= 0.6 is 0 Å². The van der Waals surface area contributed by atoms with Gasteiger partial charge in [-0.2, -0.15) is 13.9 Å². The molecule has 1 spiro atoms. The average Bonchev–Trinajstić information content (AvgIpc) is 3.22. The molecular formula is C25H22F2N6O3. The summed E-state index contributed by atoms with van der Waals surface area (Å²) in [4.78, 5) is 23.2. The van der Waals surface area contributed by atoms with E-state index in [0.29, 0.717) is 27.9 Å². The first-order valence-electron chi connectivity index (χ1n) is 11.4. The second-order valence-corrected chi connectivity index (χ2v) is 9.24. The van der Waals surface area contributed by atoms with Gasteiger partial charge in [-0.05, 0) is 36.2 Å². The molecule has 1 N–H and O–H groups in total. The zero-order valence-electron chi connectivity index (χ0n) is 19.3. The van der Waals surface area contributed by atoms with Crippen LogP contribution in [0, 0.1) is 12.3 Å². The molecule has 1 aromatic carbocycles. The number of hydrogen-bond acceptors (Lipinski definition) is 7. The number of anilines is 2. The van der Waals surface area contributed by atoms with Crippen LogP contribution in [0.1, 0.15) is 15.9 Å².